The first-order chi connectivity index (χ1) is 12.1. The SMILES string of the molecule is Cc1[nH][nH]c(=O)c1CC(=O)N1CCC[C@@H](c2nnc3ccccn23)C1. The number of rotatable bonds is 3. The third kappa shape index (κ3) is 2.84. The van der Waals surface area contributed by atoms with E-state index in [2.05, 4.69) is 20.4 Å². The summed E-state index contributed by atoms with van der Waals surface area (Å²) in [4.78, 5) is 26.3. The second-order valence-electron chi connectivity index (χ2n) is 6.53. The van der Waals surface area contributed by atoms with Crippen molar-refractivity contribution in [3.8, 4) is 0 Å². The predicted molar refractivity (Wildman–Crippen MR) is 91.4 cm³/mol. The van der Waals surface area contributed by atoms with Crippen LogP contribution in [0.5, 0.6) is 0 Å². The number of likely N-dealkylation sites (tertiary alicyclic amines) is 1. The number of piperidine rings is 1. The van der Waals surface area contributed by atoms with Crippen LogP contribution in [0.25, 0.3) is 5.65 Å². The van der Waals surface area contributed by atoms with E-state index in [1.165, 1.54) is 0 Å². The minimum Gasteiger partial charge on any atom is -0.342 e. The molecule has 1 aliphatic heterocycles. The van der Waals surface area contributed by atoms with Crippen molar-refractivity contribution >= 4 is 11.6 Å². The predicted octanol–water partition coefficient (Wildman–Crippen LogP) is 1.00. The number of aromatic nitrogens is 5. The minimum absolute atomic E-state index is 0.0216. The molecule has 3 aromatic rings. The maximum Gasteiger partial charge on any atom is 0.267 e. The van der Waals surface area contributed by atoms with Gasteiger partial charge in [-0.25, -0.2) is 0 Å². The van der Waals surface area contributed by atoms with Gasteiger partial charge in [-0.2, -0.15) is 0 Å². The molecule has 1 amide bonds. The molecule has 0 aromatic carbocycles. The maximum absolute atomic E-state index is 12.7. The van der Waals surface area contributed by atoms with Crippen molar-refractivity contribution < 1.29 is 4.79 Å². The molecule has 0 radical (unpaired) electrons. The number of nitrogens with one attached hydrogen (secondary N) is 2. The van der Waals surface area contributed by atoms with Crippen molar-refractivity contribution in [2.24, 2.45) is 0 Å². The molecule has 2 N–H and O–H groups in total. The zero-order valence-corrected chi connectivity index (χ0v) is 14.0. The highest BCUT2D eigenvalue weighted by atomic mass is 16.2. The van der Waals surface area contributed by atoms with Crippen molar-refractivity contribution in [2.75, 3.05) is 13.1 Å². The monoisotopic (exact) mass is 340 g/mol. The van der Waals surface area contributed by atoms with Crippen LogP contribution in [0.4, 0.5) is 0 Å². The summed E-state index contributed by atoms with van der Waals surface area (Å²) in [5, 5.41) is 13.8. The Kier molecular flexibility index (Phi) is 3.87. The summed E-state index contributed by atoms with van der Waals surface area (Å²) in [6, 6.07) is 5.80. The lowest BCUT2D eigenvalue weighted by Gasteiger charge is -2.32. The van der Waals surface area contributed by atoms with Crippen molar-refractivity contribution in [2.45, 2.75) is 32.1 Å². The largest absolute Gasteiger partial charge is 0.342 e. The van der Waals surface area contributed by atoms with E-state index in [0.717, 1.165) is 30.0 Å². The fourth-order valence-corrected chi connectivity index (χ4v) is 3.50. The lowest BCUT2D eigenvalue weighted by Crippen LogP contribution is -2.40. The Bertz CT molecular complexity index is 969. The van der Waals surface area contributed by atoms with Crippen molar-refractivity contribution in [1.82, 2.24) is 29.7 Å². The average molecular weight is 340 g/mol. The molecular weight excluding hydrogens is 320 g/mol. The molecule has 1 saturated heterocycles. The number of pyridine rings is 1. The van der Waals surface area contributed by atoms with Gasteiger partial charge in [0.25, 0.3) is 5.56 Å². The van der Waals surface area contributed by atoms with Crippen LogP contribution in [0, 0.1) is 6.92 Å². The van der Waals surface area contributed by atoms with Gasteiger partial charge in [-0.05, 0) is 31.9 Å². The van der Waals surface area contributed by atoms with Crippen molar-refractivity contribution in [1.29, 1.82) is 0 Å². The molecule has 3 aromatic heterocycles. The number of carbonyl (C=O) groups is 1. The molecule has 8 nitrogen and oxygen atoms in total. The Morgan fingerprint density at radius 2 is 2.20 bits per heavy atom. The van der Waals surface area contributed by atoms with E-state index in [-0.39, 0.29) is 23.8 Å². The van der Waals surface area contributed by atoms with Crippen LogP contribution < -0.4 is 5.56 Å². The molecule has 8 heteroatoms. The summed E-state index contributed by atoms with van der Waals surface area (Å²) < 4.78 is 1.99. The number of carbonyl (C=O) groups excluding carboxylic acids is 1. The van der Waals surface area contributed by atoms with E-state index in [9.17, 15) is 9.59 Å². The normalized spacial score (nSPS) is 18.0. The Labute approximate surface area is 143 Å². The first-order valence-corrected chi connectivity index (χ1v) is 8.47. The molecule has 25 heavy (non-hydrogen) atoms. The van der Waals surface area contributed by atoms with E-state index in [1.807, 2.05) is 33.7 Å². The first kappa shape index (κ1) is 15.6. The van der Waals surface area contributed by atoms with Gasteiger partial charge in [0.15, 0.2) is 5.65 Å². The van der Waals surface area contributed by atoms with Crippen molar-refractivity contribution in [3.63, 3.8) is 0 Å². The van der Waals surface area contributed by atoms with Crippen LogP contribution in [0.3, 0.4) is 0 Å². The number of aryl methyl sites for hydroxylation is 1. The molecule has 1 aliphatic rings. The van der Waals surface area contributed by atoms with Crippen LogP contribution in [-0.2, 0) is 11.2 Å². The van der Waals surface area contributed by atoms with Gasteiger partial charge >= 0.3 is 0 Å². The van der Waals surface area contributed by atoms with Gasteiger partial charge in [-0.15, -0.1) is 10.2 Å². The number of hydrogen-bond acceptors (Lipinski definition) is 4. The number of amides is 1. The number of nitrogens with zero attached hydrogens (tertiary/aromatic N) is 4. The molecular formula is C17H20N6O2. The molecule has 4 rings (SSSR count). The van der Waals surface area contributed by atoms with Gasteiger partial charge in [0.2, 0.25) is 5.91 Å². The molecule has 0 unspecified atom stereocenters. The fraction of sp³-hybridized carbons (Fsp3) is 0.412. The lowest BCUT2D eigenvalue weighted by molar-refractivity contribution is -0.131. The summed E-state index contributed by atoms with van der Waals surface area (Å²) in [7, 11) is 0. The van der Waals surface area contributed by atoms with Gasteiger partial charge in [0, 0.05) is 36.5 Å². The van der Waals surface area contributed by atoms with E-state index < -0.39 is 0 Å². The first-order valence-electron chi connectivity index (χ1n) is 8.47. The van der Waals surface area contributed by atoms with Crippen molar-refractivity contribution in [3.05, 3.63) is 51.8 Å². The van der Waals surface area contributed by atoms with Gasteiger partial charge < -0.3 is 10.00 Å². The second kappa shape index (κ2) is 6.19. The Balaban J connectivity index is 1.53. The highest BCUT2D eigenvalue weighted by molar-refractivity contribution is 5.79. The van der Waals surface area contributed by atoms with Crippen LogP contribution in [0.1, 0.15) is 35.8 Å². The van der Waals surface area contributed by atoms with Gasteiger partial charge in [0.1, 0.15) is 5.82 Å². The molecule has 0 aliphatic carbocycles. The molecule has 0 bridgehead atoms. The van der Waals surface area contributed by atoms with Crippen LogP contribution in [0.15, 0.2) is 29.2 Å². The van der Waals surface area contributed by atoms with Crippen LogP contribution in [-0.4, -0.2) is 48.7 Å². The topological polar surface area (TPSA) is 99.1 Å². The Morgan fingerprint density at radius 3 is 3.00 bits per heavy atom. The molecule has 130 valence electrons. The van der Waals surface area contributed by atoms with Gasteiger partial charge in [-0.3, -0.25) is 19.1 Å². The van der Waals surface area contributed by atoms with Crippen LogP contribution in [0.2, 0.25) is 0 Å². The maximum atomic E-state index is 12.7. The van der Waals surface area contributed by atoms with Crippen LogP contribution >= 0.6 is 0 Å². The second-order valence-corrected chi connectivity index (χ2v) is 6.53. The third-order valence-electron chi connectivity index (χ3n) is 4.90. The molecule has 0 saturated carbocycles. The van der Waals surface area contributed by atoms with E-state index in [1.54, 1.807) is 6.92 Å². The van der Waals surface area contributed by atoms with Gasteiger partial charge in [-0.1, -0.05) is 6.07 Å². The molecule has 1 fully saturated rings. The minimum atomic E-state index is -0.220. The molecule has 1 atom stereocenters. The zero-order valence-electron chi connectivity index (χ0n) is 14.0. The number of H-pyrrole nitrogens is 2. The Morgan fingerprint density at radius 1 is 1.32 bits per heavy atom. The number of aromatic amines is 2. The lowest BCUT2D eigenvalue weighted by atomic mass is 9.96. The summed E-state index contributed by atoms with van der Waals surface area (Å²) >= 11 is 0. The molecule has 0 spiro atoms. The standard InChI is InChI=1S/C17H20N6O2/c1-11-13(17(25)21-18-11)9-15(24)22-7-4-5-12(10-22)16-20-19-14-6-2-3-8-23(14)16/h2-3,6,8,12H,4-5,7,9-10H2,1H3,(H2,18,21,25)/t12-/m1/s1. The third-order valence-corrected chi connectivity index (χ3v) is 4.90. The summed E-state index contributed by atoms with van der Waals surface area (Å²) in [5.74, 6) is 1.02. The van der Waals surface area contributed by atoms with E-state index in [4.69, 9.17) is 0 Å². The Hall–Kier alpha value is -2.90. The summed E-state index contributed by atoms with van der Waals surface area (Å²) in [6.07, 6.45) is 3.97. The smallest absolute Gasteiger partial charge is 0.267 e. The summed E-state index contributed by atoms with van der Waals surface area (Å²) in [6.45, 7) is 3.12. The average Bonchev–Trinajstić information content (AvgIpc) is 3.20. The number of fused-ring (bicyclic) bond motifs is 1. The van der Waals surface area contributed by atoms with E-state index in [0.29, 0.717) is 18.7 Å². The van der Waals surface area contributed by atoms with Gasteiger partial charge in [0.05, 0.1) is 6.42 Å². The van der Waals surface area contributed by atoms with E-state index >= 15 is 0 Å². The highest BCUT2D eigenvalue weighted by Gasteiger charge is 2.28. The number of hydrogen-bond donors (Lipinski definition) is 2. The fourth-order valence-electron chi connectivity index (χ4n) is 3.50. The highest BCUT2D eigenvalue weighted by Crippen LogP contribution is 2.26. The zero-order chi connectivity index (χ0) is 17.4. The quantitative estimate of drug-likeness (QED) is 0.743. The summed E-state index contributed by atoms with van der Waals surface area (Å²) in [5.41, 5.74) is 1.83. The molecule has 4 heterocycles.